The fourth-order valence-corrected chi connectivity index (χ4v) is 3.89. The van der Waals surface area contributed by atoms with Crippen LogP contribution in [0.25, 0.3) is 16.6 Å². The van der Waals surface area contributed by atoms with Crippen LogP contribution >= 0.6 is 11.6 Å². The number of methoxy groups -OCH3 is 1. The second-order valence-electron chi connectivity index (χ2n) is 8.88. The molecule has 0 fully saturated rings. The third kappa shape index (κ3) is 4.83. The van der Waals surface area contributed by atoms with Gasteiger partial charge in [-0.3, -0.25) is 0 Å². The Hall–Kier alpha value is -3.19. The number of aromatic nitrogens is 2. The molecular weight excluding hydrogens is 426 g/mol. The van der Waals surface area contributed by atoms with E-state index in [4.69, 9.17) is 16.3 Å². The smallest absolute Gasteiger partial charge is 0.318 e. The van der Waals surface area contributed by atoms with Crippen LogP contribution in [0.2, 0.25) is 5.02 Å². The van der Waals surface area contributed by atoms with Gasteiger partial charge in [0.1, 0.15) is 11.4 Å². The summed E-state index contributed by atoms with van der Waals surface area (Å²) in [6.07, 6.45) is 4.65. The number of halogens is 1. The Morgan fingerprint density at radius 2 is 2.06 bits per heavy atom. The fourth-order valence-electron chi connectivity index (χ4n) is 3.70. The van der Waals surface area contributed by atoms with E-state index in [2.05, 4.69) is 32.7 Å². The van der Waals surface area contributed by atoms with Crippen LogP contribution in [0.15, 0.2) is 42.6 Å². The van der Waals surface area contributed by atoms with Crippen LogP contribution < -0.4 is 15.4 Å². The van der Waals surface area contributed by atoms with Gasteiger partial charge in [0, 0.05) is 47.7 Å². The number of carbonyl (C=O) groups is 1. The Labute approximate surface area is 192 Å². The molecule has 168 valence electrons. The maximum atomic E-state index is 12.4. The van der Waals surface area contributed by atoms with Crippen molar-refractivity contribution in [3.63, 3.8) is 0 Å². The number of H-pyrrole nitrogens is 1. The van der Waals surface area contributed by atoms with Crippen LogP contribution in [0.1, 0.15) is 32.9 Å². The second kappa shape index (κ2) is 8.74. The molecule has 2 amide bonds. The van der Waals surface area contributed by atoms with Crippen LogP contribution in [0.3, 0.4) is 0 Å². The number of pyridine rings is 1. The summed E-state index contributed by atoms with van der Waals surface area (Å²) in [4.78, 5) is 22.2. The number of anilines is 2. The normalized spacial score (nSPS) is 14.3. The van der Waals surface area contributed by atoms with Crippen molar-refractivity contribution in [3.8, 4) is 5.75 Å². The largest absolute Gasteiger partial charge is 0.495 e. The van der Waals surface area contributed by atoms with E-state index < -0.39 is 0 Å². The number of fused-ring (bicyclic) bond motifs is 1. The van der Waals surface area contributed by atoms with E-state index in [0.29, 0.717) is 23.9 Å². The zero-order valence-electron chi connectivity index (χ0n) is 18.8. The Kier molecular flexibility index (Phi) is 6.02. The summed E-state index contributed by atoms with van der Waals surface area (Å²) in [6, 6.07) is 9.59. The average molecular weight is 454 g/mol. The summed E-state index contributed by atoms with van der Waals surface area (Å²) < 4.78 is 5.32. The van der Waals surface area contributed by atoms with Crippen molar-refractivity contribution in [2.45, 2.75) is 32.7 Å². The Morgan fingerprint density at radius 3 is 2.75 bits per heavy atom. The Bertz CT molecular complexity index is 1180. The molecule has 3 aromatic rings. The predicted molar refractivity (Wildman–Crippen MR) is 130 cm³/mol. The summed E-state index contributed by atoms with van der Waals surface area (Å²) >= 11 is 6.14. The molecule has 3 N–H and O–H groups in total. The van der Waals surface area contributed by atoms with E-state index in [9.17, 15) is 4.79 Å². The number of urea groups is 1. The quantitative estimate of drug-likeness (QED) is 0.482. The van der Waals surface area contributed by atoms with Gasteiger partial charge in [0.25, 0.3) is 0 Å². The molecule has 0 unspecified atom stereocenters. The second-order valence-corrected chi connectivity index (χ2v) is 9.29. The molecule has 3 heterocycles. The van der Waals surface area contributed by atoms with Gasteiger partial charge in [0.05, 0.1) is 17.8 Å². The van der Waals surface area contributed by atoms with E-state index in [-0.39, 0.29) is 11.6 Å². The summed E-state index contributed by atoms with van der Waals surface area (Å²) in [6.45, 7) is 7.21. The third-order valence-electron chi connectivity index (χ3n) is 5.29. The van der Waals surface area contributed by atoms with Gasteiger partial charge in [-0.1, -0.05) is 17.7 Å². The van der Waals surface area contributed by atoms with Crippen molar-refractivity contribution < 1.29 is 9.53 Å². The third-order valence-corrected chi connectivity index (χ3v) is 5.60. The number of aromatic amines is 1. The maximum Gasteiger partial charge on any atom is 0.318 e. The zero-order chi connectivity index (χ0) is 22.9. The molecule has 0 spiro atoms. The molecule has 0 saturated heterocycles. The molecule has 7 nitrogen and oxygen atoms in total. The molecule has 1 aromatic carbocycles. The van der Waals surface area contributed by atoms with Gasteiger partial charge in [0.2, 0.25) is 0 Å². The number of nitrogens with one attached hydrogen (secondary N) is 3. The molecule has 0 aliphatic carbocycles. The maximum absolute atomic E-state index is 12.4. The summed E-state index contributed by atoms with van der Waals surface area (Å²) in [5.41, 5.74) is 4.57. The van der Waals surface area contributed by atoms with E-state index >= 15 is 0 Å². The lowest BCUT2D eigenvalue weighted by molar-refractivity contribution is 0.193. The monoisotopic (exact) mass is 453 g/mol. The highest BCUT2D eigenvalue weighted by molar-refractivity contribution is 6.32. The molecule has 0 radical (unpaired) electrons. The average Bonchev–Trinajstić information content (AvgIpc) is 3.19. The van der Waals surface area contributed by atoms with Crippen molar-refractivity contribution in [1.82, 2.24) is 20.2 Å². The Balaban J connectivity index is 1.54. The molecule has 32 heavy (non-hydrogen) atoms. The first kappa shape index (κ1) is 22.0. The molecule has 0 bridgehead atoms. The van der Waals surface area contributed by atoms with Gasteiger partial charge < -0.3 is 25.3 Å². The minimum Gasteiger partial charge on any atom is -0.495 e. The van der Waals surface area contributed by atoms with Gasteiger partial charge in [-0.2, -0.15) is 0 Å². The lowest BCUT2D eigenvalue weighted by Gasteiger charge is -2.30. The van der Waals surface area contributed by atoms with Gasteiger partial charge in [-0.25, -0.2) is 9.78 Å². The van der Waals surface area contributed by atoms with Crippen molar-refractivity contribution in [2.24, 2.45) is 0 Å². The van der Waals surface area contributed by atoms with E-state index in [1.165, 1.54) is 5.57 Å². The van der Waals surface area contributed by atoms with Crippen molar-refractivity contribution in [2.75, 3.05) is 25.5 Å². The number of ether oxygens (including phenoxy) is 1. The van der Waals surface area contributed by atoms with Crippen LogP contribution in [-0.2, 0) is 0 Å². The van der Waals surface area contributed by atoms with Crippen molar-refractivity contribution in [3.05, 3.63) is 53.3 Å². The highest BCUT2D eigenvalue weighted by Crippen LogP contribution is 2.33. The molecule has 0 atom stereocenters. The zero-order valence-corrected chi connectivity index (χ0v) is 19.5. The molecule has 2 aromatic heterocycles. The van der Waals surface area contributed by atoms with E-state index in [0.717, 1.165) is 34.5 Å². The van der Waals surface area contributed by atoms with Crippen molar-refractivity contribution >= 4 is 45.6 Å². The summed E-state index contributed by atoms with van der Waals surface area (Å²) in [7, 11) is 1.60. The van der Waals surface area contributed by atoms with Crippen molar-refractivity contribution in [1.29, 1.82) is 0 Å². The number of hydrogen-bond acceptors (Lipinski definition) is 4. The van der Waals surface area contributed by atoms with Gasteiger partial charge >= 0.3 is 6.03 Å². The minimum absolute atomic E-state index is 0.0315. The van der Waals surface area contributed by atoms with E-state index in [1.54, 1.807) is 19.4 Å². The molecule has 0 saturated carbocycles. The van der Waals surface area contributed by atoms with Gasteiger partial charge in [0.15, 0.2) is 0 Å². The first-order valence-corrected chi connectivity index (χ1v) is 11.0. The summed E-state index contributed by atoms with van der Waals surface area (Å²) in [5, 5.41) is 8.01. The molecule has 1 aliphatic heterocycles. The topological polar surface area (TPSA) is 82.3 Å². The molecule has 4 rings (SSSR count). The predicted octanol–water partition coefficient (Wildman–Crippen LogP) is 5.57. The van der Waals surface area contributed by atoms with Crippen LogP contribution in [0, 0.1) is 0 Å². The highest BCUT2D eigenvalue weighted by Gasteiger charge is 2.22. The molecular formula is C24H28ClN5O2. The molecule has 8 heteroatoms. The Morgan fingerprint density at radius 1 is 1.25 bits per heavy atom. The SMILES string of the molecule is COc1cc(Nc2ccnc3[nH]c(C4=CCN(C(=O)NC(C)(C)C)CC4)cc23)ccc1Cl. The minimum atomic E-state index is -0.249. The number of hydrogen-bond donors (Lipinski definition) is 3. The number of carbonyl (C=O) groups excluding carboxylic acids is 1. The number of rotatable bonds is 4. The first-order chi connectivity index (χ1) is 15.2. The summed E-state index contributed by atoms with van der Waals surface area (Å²) in [5.74, 6) is 0.615. The highest BCUT2D eigenvalue weighted by atomic mass is 35.5. The van der Waals surface area contributed by atoms with E-state index in [1.807, 2.05) is 43.9 Å². The number of benzene rings is 1. The standard InChI is InChI=1S/C24H28ClN5O2/c1-24(2,3)29-23(31)30-11-8-15(9-12-30)20-14-17-19(7-10-26-22(17)28-20)27-16-5-6-18(25)21(13-16)32-4/h5-8,10,13-14H,9,11-12H2,1-4H3,(H,29,31)(H2,26,27,28). The first-order valence-electron chi connectivity index (χ1n) is 10.6. The van der Waals surface area contributed by atoms with Crippen LogP contribution in [-0.4, -0.2) is 46.6 Å². The lowest BCUT2D eigenvalue weighted by atomic mass is 10.0. The van der Waals surface area contributed by atoms with Gasteiger partial charge in [-0.15, -0.1) is 0 Å². The lowest BCUT2D eigenvalue weighted by Crippen LogP contribution is -2.49. The number of nitrogens with zero attached hydrogens (tertiary/aromatic N) is 2. The van der Waals surface area contributed by atoms with Crippen LogP contribution in [0.4, 0.5) is 16.2 Å². The van der Waals surface area contributed by atoms with Crippen LogP contribution in [0.5, 0.6) is 5.75 Å². The number of amides is 2. The molecule has 1 aliphatic rings. The fraction of sp³-hybridized carbons (Fsp3) is 0.333. The van der Waals surface area contributed by atoms with Gasteiger partial charge in [-0.05, 0) is 57.0 Å².